The van der Waals surface area contributed by atoms with Crippen LogP contribution in [0.3, 0.4) is 0 Å². The predicted molar refractivity (Wildman–Crippen MR) is 85.8 cm³/mol. The Bertz CT molecular complexity index is 577. The highest BCUT2D eigenvalue weighted by atomic mass is 16.5. The molecule has 2 aromatic rings. The average molecular weight is 287 g/mol. The van der Waals surface area contributed by atoms with Crippen LogP contribution in [0.15, 0.2) is 30.6 Å². The Labute approximate surface area is 127 Å². The van der Waals surface area contributed by atoms with Crippen molar-refractivity contribution in [1.82, 2.24) is 14.9 Å². The number of nitrogens with one attached hydrogen (secondary N) is 1. The summed E-state index contributed by atoms with van der Waals surface area (Å²) in [5.41, 5.74) is 2.47. The molecule has 114 valence electrons. The van der Waals surface area contributed by atoms with E-state index < -0.39 is 0 Å². The number of aryl methyl sites for hydroxylation is 1. The van der Waals surface area contributed by atoms with Gasteiger partial charge in [0.2, 0.25) is 0 Å². The number of imidazole rings is 1. The molecule has 1 atom stereocenters. The summed E-state index contributed by atoms with van der Waals surface area (Å²) >= 11 is 0. The van der Waals surface area contributed by atoms with Gasteiger partial charge in [-0.1, -0.05) is 13.0 Å². The fourth-order valence-electron chi connectivity index (χ4n) is 2.44. The van der Waals surface area contributed by atoms with E-state index in [0.29, 0.717) is 12.6 Å². The first-order valence-electron chi connectivity index (χ1n) is 7.62. The number of ether oxygens (including phenoxy) is 1. The molecule has 0 aliphatic carbocycles. The SMILES string of the molecule is CCOc1ccc(C(C)NC)cc1Cn1ccnc1CC. The zero-order valence-corrected chi connectivity index (χ0v) is 13.4. The quantitative estimate of drug-likeness (QED) is 0.850. The first-order chi connectivity index (χ1) is 10.2. The maximum absolute atomic E-state index is 5.77. The van der Waals surface area contributed by atoms with E-state index >= 15 is 0 Å². The summed E-state index contributed by atoms with van der Waals surface area (Å²) in [5.74, 6) is 2.06. The average Bonchev–Trinajstić information content (AvgIpc) is 2.95. The van der Waals surface area contributed by atoms with E-state index in [9.17, 15) is 0 Å². The second kappa shape index (κ2) is 7.27. The van der Waals surface area contributed by atoms with E-state index in [1.54, 1.807) is 0 Å². The summed E-state index contributed by atoms with van der Waals surface area (Å²) < 4.78 is 7.96. The van der Waals surface area contributed by atoms with Crippen molar-refractivity contribution in [2.75, 3.05) is 13.7 Å². The van der Waals surface area contributed by atoms with E-state index in [1.165, 1.54) is 11.1 Å². The monoisotopic (exact) mass is 287 g/mol. The van der Waals surface area contributed by atoms with Crippen LogP contribution in [0.4, 0.5) is 0 Å². The molecule has 21 heavy (non-hydrogen) atoms. The molecule has 0 aliphatic rings. The molecule has 4 nitrogen and oxygen atoms in total. The summed E-state index contributed by atoms with van der Waals surface area (Å²) in [6, 6.07) is 6.76. The van der Waals surface area contributed by atoms with Gasteiger partial charge in [0.05, 0.1) is 13.2 Å². The van der Waals surface area contributed by atoms with Gasteiger partial charge >= 0.3 is 0 Å². The summed E-state index contributed by atoms with van der Waals surface area (Å²) in [5, 5.41) is 3.28. The molecule has 1 N–H and O–H groups in total. The summed E-state index contributed by atoms with van der Waals surface area (Å²) in [7, 11) is 1.98. The number of hydrogen-bond acceptors (Lipinski definition) is 3. The van der Waals surface area contributed by atoms with Gasteiger partial charge in [-0.05, 0) is 38.6 Å². The predicted octanol–water partition coefficient (Wildman–Crippen LogP) is 3.17. The summed E-state index contributed by atoms with van der Waals surface area (Å²) in [6.07, 6.45) is 4.82. The molecule has 0 amide bonds. The van der Waals surface area contributed by atoms with Crippen LogP contribution in [0, 0.1) is 0 Å². The highest BCUT2D eigenvalue weighted by Crippen LogP contribution is 2.25. The third-order valence-electron chi connectivity index (χ3n) is 3.78. The van der Waals surface area contributed by atoms with Gasteiger partial charge in [-0.2, -0.15) is 0 Å². The van der Waals surface area contributed by atoms with Gasteiger partial charge in [-0.25, -0.2) is 4.98 Å². The first kappa shape index (κ1) is 15.6. The van der Waals surface area contributed by atoms with Crippen LogP contribution in [0.1, 0.15) is 43.8 Å². The molecule has 0 saturated carbocycles. The molecular formula is C17H25N3O. The van der Waals surface area contributed by atoms with Crippen molar-refractivity contribution >= 4 is 0 Å². The highest BCUT2D eigenvalue weighted by molar-refractivity contribution is 5.38. The molecule has 1 aromatic heterocycles. The Balaban J connectivity index is 2.34. The standard InChI is InChI=1S/C17H25N3O/c1-5-17-19-9-10-20(17)12-15-11-14(13(3)18-4)7-8-16(15)21-6-2/h7-11,13,18H,5-6,12H2,1-4H3. The van der Waals surface area contributed by atoms with E-state index in [0.717, 1.165) is 24.5 Å². The lowest BCUT2D eigenvalue weighted by Gasteiger charge is -2.17. The molecule has 1 heterocycles. The van der Waals surface area contributed by atoms with Gasteiger partial charge in [0.1, 0.15) is 11.6 Å². The molecule has 1 unspecified atom stereocenters. The molecule has 1 aromatic carbocycles. The lowest BCUT2D eigenvalue weighted by Crippen LogP contribution is -2.13. The second-order valence-electron chi connectivity index (χ2n) is 5.14. The maximum atomic E-state index is 5.77. The molecule has 2 rings (SSSR count). The van der Waals surface area contributed by atoms with Gasteiger partial charge in [0.15, 0.2) is 0 Å². The normalized spacial score (nSPS) is 12.4. The first-order valence-corrected chi connectivity index (χ1v) is 7.62. The van der Waals surface area contributed by atoms with Crippen molar-refractivity contribution in [1.29, 1.82) is 0 Å². The van der Waals surface area contributed by atoms with Crippen molar-refractivity contribution in [2.45, 2.75) is 39.8 Å². The third kappa shape index (κ3) is 3.64. The second-order valence-corrected chi connectivity index (χ2v) is 5.14. The Kier molecular flexibility index (Phi) is 5.39. The fraction of sp³-hybridized carbons (Fsp3) is 0.471. The number of hydrogen-bond donors (Lipinski definition) is 1. The smallest absolute Gasteiger partial charge is 0.124 e. The summed E-state index contributed by atoms with van der Waals surface area (Å²) in [4.78, 5) is 4.39. The maximum Gasteiger partial charge on any atom is 0.124 e. The van der Waals surface area contributed by atoms with Gasteiger partial charge in [-0.15, -0.1) is 0 Å². The van der Waals surface area contributed by atoms with Crippen LogP contribution in [0.2, 0.25) is 0 Å². The molecule has 0 saturated heterocycles. The largest absolute Gasteiger partial charge is 0.494 e. The Hall–Kier alpha value is -1.81. The number of nitrogens with zero attached hydrogens (tertiary/aromatic N) is 2. The third-order valence-corrected chi connectivity index (χ3v) is 3.78. The number of benzene rings is 1. The lowest BCUT2D eigenvalue weighted by molar-refractivity contribution is 0.335. The zero-order valence-electron chi connectivity index (χ0n) is 13.4. The molecular weight excluding hydrogens is 262 g/mol. The number of rotatable bonds is 7. The lowest BCUT2D eigenvalue weighted by atomic mass is 10.0. The Morgan fingerprint density at radius 2 is 2.14 bits per heavy atom. The van der Waals surface area contributed by atoms with Crippen LogP contribution in [0.5, 0.6) is 5.75 Å². The van der Waals surface area contributed by atoms with Gasteiger partial charge < -0.3 is 14.6 Å². The highest BCUT2D eigenvalue weighted by Gasteiger charge is 2.11. The van der Waals surface area contributed by atoms with Crippen LogP contribution < -0.4 is 10.1 Å². The van der Waals surface area contributed by atoms with Crippen molar-refractivity contribution in [2.24, 2.45) is 0 Å². The summed E-state index contributed by atoms with van der Waals surface area (Å²) in [6.45, 7) is 7.78. The van der Waals surface area contributed by atoms with Crippen LogP contribution in [-0.2, 0) is 13.0 Å². The molecule has 4 heteroatoms. The van der Waals surface area contributed by atoms with E-state index in [-0.39, 0.29) is 0 Å². The minimum Gasteiger partial charge on any atom is -0.494 e. The van der Waals surface area contributed by atoms with Gasteiger partial charge in [-0.3, -0.25) is 0 Å². The molecule has 0 spiro atoms. The minimum atomic E-state index is 0.327. The topological polar surface area (TPSA) is 39.1 Å². The van der Waals surface area contributed by atoms with Crippen molar-refractivity contribution in [3.8, 4) is 5.75 Å². The van der Waals surface area contributed by atoms with Gasteiger partial charge in [0.25, 0.3) is 0 Å². The molecule has 0 radical (unpaired) electrons. The molecule has 0 fully saturated rings. The Morgan fingerprint density at radius 1 is 1.33 bits per heavy atom. The van der Waals surface area contributed by atoms with Crippen LogP contribution >= 0.6 is 0 Å². The van der Waals surface area contributed by atoms with Crippen molar-refractivity contribution < 1.29 is 4.74 Å². The van der Waals surface area contributed by atoms with Crippen LogP contribution in [0.25, 0.3) is 0 Å². The van der Waals surface area contributed by atoms with E-state index in [1.807, 2.05) is 26.4 Å². The fourth-order valence-corrected chi connectivity index (χ4v) is 2.44. The van der Waals surface area contributed by atoms with Crippen molar-refractivity contribution in [3.05, 3.63) is 47.5 Å². The van der Waals surface area contributed by atoms with Crippen LogP contribution in [-0.4, -0.2) is 23.2 Å². The molecule has 0 bridgehead atoms. The zero-order chi connectivity index (χ0) is 15.2. The van der Waals surface area contributed by atoms with E-state index in [4.69, 9.17) is 4.74 Å². The van der Waals surface area contributed by atoms with Gasteiger partial charge in [0, 0.05) is 30.4 Å². The Morgan fingerprint density at radius 3 is 2.81 bits per heavy atom. The van der Waals surface area contributed by atoms with E-state index in [2.05, 4.69) is 46.9 Å². The van der Waals surface area contributed by atoms with Crippen molar-refractivity contribution in [3.63, 3.8) is 0 Å². The molecule has 0 aliphatic heterocycles. The minimum absolute atomic E-state index is 0.327. The number of aromatic nitrogens is 2.